The lowest BCUT2D eigenvalue weighted by Crippen LogP contribution is -2.29. The maximum Gasteiger partial charge on any atom is 0.355 e. The van der Waals surface area contributed by atoms with Crippen LogP contribution in [0.5, 0.6) is 0 Å². The molecule has 30 heavy (non-hydrogen) atoms. The van der Waals surface area contributed by atoms with Crippen molar-refractivity contribution in [1.29, 1.82) is 0 Å². The summed E-state index contributed by atoms with van der Waals surface area (Å²) in [6, 6.07) is 0. The third-order valence-electron chi connectivity index (χ3n) is 4.70. The predicted octanol–water partition coefficient (Wildman–Crippen LogP) is 5.67. The molecule has 0 radical (unpaired) electrons. The van der Waals surface area contributed by atoms with Crippen LogP contribution in [0.25, 0.3) is 0 Å². The first-order valence-electron chi connectivity index (χ1n) is 11.6. The molecule has 0 fully saturated rings. The summed E-state index contributed by atoms with van der Waals surface area (Å²) in [7, 11) is 0. The predicted molar refractivity (Wildman–Crippen MR) is 120 cm³/mol. The van der Waals surface area contributed by atoms with Crippen LogP contribution in [-0.4, -0.2) is 29.6 Å². The molecule has 0 spiro atoms. The molecule has 0 rings (SSSR count). The van der Waals surface area contributed by atoms with E-state index in [-0.39, 0.29) is 24.6 Å². The zero-order valence-corrected chi connectivity index (χ0v) is 18.9. The second-order valence-corrected chi connectivity index (χ2v) is 7.50. The van der Waals surface area contributed by atoms with Crippen molar-refractivity contribution in [2.45, 2.75) is 104 Å². The molecule has 0 saturated carbocycles. The molecule has 1 amide bonds. The van der Waals surface area contributed by atoms with Crippen LogP contribution in [0, 0.1) is 0 Å². The van der Waals surface area contributed by atoms with Crippen molar-refractivity contribution in [3.63, 3.8) is 0 Å². The van der Waals surface area contributed by atoms with Crippen molar-refractivity contribution in [2.75, 3.05) is 6.61 Å². The van der Waals surface area contributed by atoms with E-state index in [1.54, 1.807) is 6.92 Å². The van der Waals surface area contributed by atoms with Gasteiger partial charge in [0, 0.05) is 6.42 Å². The summed E-state index contributed by atoms with van der Waals surface area (Å²) in [5, 5.41) is 11.1. The number of nitrogens with one attached hydrogen (secondary N) is 1. The summed E-state index contributed by atoms with van der Waals surface area (Å²) >= 11 is 0. The van der Waals surface area contributed by atoms with E-state index in [2.05, 4.69) is 24.4 Å². The number of carbonyl (C=O) groups excluding carboxylic acids is 2. The van der Waals surface area contributed by atoms with Gasteiger partial charge in [-0.15, -0.1) is 0 Å². The molecule has 0 aliphatic rings. The third kappa shape index (κ3) is 18.0. The van der Waals surface area contributed by atoms with Crippen LogP contribution < -0.4 is 5.32 Å². The number of unbranched alkanes of at least 4 members (excludes halogenated alkanes) is 11. The van der Waals surface area contributed by atoms with Crippen molar-refractivity contribution in [3.8, 4) is 0 Å². The van der Waals surface area contributed by atoms with Crippen LogP contribution in [0.3, 0.4) is 0 Å². The number of ether oxygens (including phenoxy) is 1. The molecule has 0 heterocycles. The fraction of sp³-hybridized carbons (Fsp3) is 0.708. The van der Waals surface area contributed by atoms with Crippen molar-refractivity contribution in [2.24, 2.45) is 0 Å². The second kappa shape index (κ2) is 20.2. The molecular formula is C24H41NO5. The van der Waals surface area contributed by atoms with E-state index in [1.807, 2.05) is 0 Å². The van der Waals surface area contributed by atoms with E-state index in [0.717, 1.165) is 32.1 Å². The van der Waals surface area contributed by atoms with Crippen LogP contribution >= 0.6 is 0 Å². The van der Waals surface area contributed by atoms with Gasteiger partial charge < -0.3 is 15.2 Å². The number of hydrogen-bond acceptors (Lipinski definition) is 4. The SMILES string of the molecule is CCCCCCCCC=CCCCCCCCC(=O)NC(=CC(=O)O)C(=O)OCC. The maximum absolute atomic E-state index is 11.9. The number of esters is 1. The van der Waals surface area contributed by atoms with Crippen molar-refractivity contribution in [1.82, 2.24) is 5.32 Å². The van der Waals surface area contributed by atoms with Gasteiger partial charge in [-0.2, -0.15) is 0 Å². The quantitative estimate of drug-likeness (QED) is 0.121. The number of carbonyl (C=O) groups is 3. The molecule has 0 aromatic rings. The Morgan fingerprint density at radius 3 is 1.87 bits per heavy atom. The molecule has 0 aromatic carbocycles. The maximum atomic E-state index is 11.9. The van der Waals surface area contributed by atoms with Crippen LogP contribution in [-0.2, 0) is 19.1 Å². The van der Waals surface area contributed by atoms with E-state index < -0.39 is 11.9 Å². The molecule has 0 aromatic heterocycles. The lowest BCUT2D eigenvalue weighted by molar-refractivity contribution is -0.141. The van der Waals surface area contributed by atoms with Gasteiger partial charge in [-0.3, -0.25) is 4.79 Å². The highest BCUT2D eigenvalue weighted by molar-refractivity contribution is 5.98. The summed E-state index contributed by atoms with van der Waals surface area (Å²) in [5.74, 6) is -2.51. The summed E-state index contributed by atoms with van der Waals surface area (Å²) in [5.41, 5.74) is -0.331. The average Bonchev–Trinajstić information content (AvgIpc) is 2.70. The number of aliphatic carboxylic acids is 1. The van der Waals surface area contributed by atoms with Crippen molar-refractivity contribution < 1.29 is 24.2 Å². The summed E-state index contributed by atoms with van der Waals surface area (Å²) in [4.78, 5) is 34.3. The monoisotopic (exact) mass is 423 g/mol. The van der Waals surface area contributed by atoms with Gasteiger partial charge in [-0.25, -0.2) is 9.59 Å². The minimum absolute atomic E-state index is 0.111. The molecule has 0 aliphatic carbocycles. The lowest BCUT2D eigenvalue weighted by Gasteiger charge is -2.08. The number of rotatable bonds is 19. The molecule has 2 N–H and O–H groups in total. The van der Waals surface area contributed by atoms with Gasteiger partial charge in [0.05, 0.1) is 12.7 Å². The van der Waals surface area contributed by atoms with Crippen LogP contribution in [0.1, 0.15) is 104 Å². The highest BCUT2D eigenvalue weighted by atomic mass is 16.5. The summed E-state index contributed by atoms with van der Waals surface area (Å²) in [6.45, 7) is 3.97. The second-order valence-electron chi connectivity index (χ2n) is 7.50. The van der Waals surface area contributed by atoms with E-state index in [4.69, 9.17) is 9.84 Å². The Balaban J connectivity index is 3.71. The zero-order chi connectivity index (χ0) is 22.5. The van der Waals surface area contributed by atoms with Crippen molar-refractivity contribution >= 4 is 17.8 Å². The Morgan fingerprint density at radius 2 is 1.33 bits per heavy atom. The Kier molecular flexibility index (Phi) is 18.8. The number of amides is 1. The lowest BCUT2D eigenvalue weighted by atomic mass is 10.1. The fourth-order valence-electron chi connectivity index (χ4n) is 3.05. The number of allylic oxidation sites excluding steroid dienone is 2. The summed E-state index contributed by atoms with van der Waals surface area (Å²) in [6.07, 6.45) is 20.8. The zero-order valence-electron chi connectivity index (χ0n) is 18.9. The van der Waals surface area contributed by atoms with Gasteiger partial charge in [0.25, 0.3) is 0 Å². The Bertz CT molecular complexity index is 540. The fourth-order valence-corrected chi connectivity index (χ4v) is 3.05. The van der Waals surface area contributed by atoms with E-state index in [0.29, 0.717) is 12.5 Å². The van der Waals surface area contributed by atoms with Crippen LogP contribution in [0.4, 0.5) is 0 Å². The Morgan fingerprint density at radius 1 is 0.800 bits per heavy atom. The Labute approximate surface area is 182 Å². The van der Waals surface area contributed by atoms with Gasteiger partial charge in [0.2, 0.25) is 5.91 Å². The smallest absolute Gasteiger partial charge is 0.355 e. The topological polar surface area (TPSA) is 92.7 Å². The number of hydrogen-bond donors (Lipinski definition) is 2. The highest BCUT2D eigenvalue weighted by Gasteiger charge is 2.15. The summed E-state index contributed by atoms with van der Waals surface area (Å²) < 4.78 is 4.75. The van der Waals surface area contributed by atoms with E-state index in [9.17, 15) is 14.4 Å². The molecule has 0 atom stereocenters. The van der Waals surface area contributed by atoms with Crippen molar-refractivity contribution in [3.05, 3.63) is 23.9 Å². The molecule has 0 unspecified atom stereocenters. The molecule has 0 bridgehead atoms. The van der Waals surface area contributed by atoms with Gasteiger partial charge in [0.1, 0.15) is 5.70 Å². The largest absolute Gasteiger partial charge is 0.478 e. The van der Waals surface area contributed by atoms with E-state index in [1.165, 1.54) is 44.9 Å². The highest BCUT2D eigenvalue weighted by Crippen LogP contribution is 2.10. The normalized spacial score (nSPS) is 11.6. The molecule has 6 nitrogen and oxygen atoms in total. The van der Waals surface area contributed by atoms with Crippen LogP contribution in [0.2, 0.25) is 0 Å². The van der Waals surface area contributed by atoms with Gasteiger partial charge in [0.15, 0.2) is 0 Å². The third-order valence-corrected chi connectivity index (χ3v) is 4.70. The standard InChI is InChI=1S/C24H41NO5/c1-3-5-6-7-8-9-10-11-12-13-14-15-16-17-18-19-22(26)25-21(20-23(27)28)24(29)30-4-2/h11-12,20H,3-10,13-19H2,1-2H3,(H,25,26)(H,27,28). The minimum atomic E-state index is -1.31. The first-order valence-corrected chi connectivity index (χ1v) is 11.6. The first-order chi connectivity index (χ1) is 14.5. The number of carboxylic acid groups (broad SMARTS) is 1. The van der Waals surface area contributed by atoms with Gasteiger partial charge in [-0.1, -0.05) is 70.4 Å². The Hall–Kier alpha value is -2.11. The average molecular weight is 424 g/mol. The van der Waals surface area contributed by atoms with Gasteiger partial charge in [-0.05, 0) is 39.0 Å². The number of carboxylic acids is 1. The molecule has 6 heteroatoms. The molecular weight excluding hydrogens is 382 g/mol. The van der Waals surface area contributed by atoms with Crippen LogP contribution in [0.15, 0.2) is 23.9 Å². The molecule has 0 aliphatic heterocycles. The van der Waals surface area contributed by atoms with Gasteiger partial charge >= 0.3 is 11.9 Å². The van der Waals surface area contributed by atoms with E-state index >= 15 is 0 Å². The minimum Gasteiger partial charge on any atom is -0.478 e. The molecule has 0 saturated heterocycles. The molecule has 172 valence electrons. The first kappa shape index (κ1) is 27.9.